The standard InChI is InChI=1S/C3H8NOP/c1-2-3(4)6-5/h2-3,5-6H,1,4H2. The summed E-state index contributed by atoms with van der Waals surface area (Å²) in [7, 11) is -0.209. The summed E-state index contributed by atoms with van der Waals surface area (Å²) in [6.45, 7) is 3.35. The van der Waals surface area contributed by atoms with Gasteiger partial charge in [-0.1, -0.05) is 6.08 Å². The maximum absolute atomic E-state index is 8.17. The van der Waals surface area contributed by atoms with Crippen molar-refractivity contribution in [2.45, 2.75) is 5.78 Å². The zero-order chi connectivity index (χ0) is 4.99. The van der Waals surface area contributed by atoms with Crippen molar-refractivity contribution in [1.82, 2.24) is 0 Å². The third-order valence-electron chi connectivity index (χ3n) is 0.403. The van der Waals surface area contributed by atoms with E-state index in [0.29, 0.717) is 0 Å². The number of nitrogens with two attached hydrogens (primary N) is 1. The molecule has 0 radical (unpaired) electrons. The highest BCUT2D eigenvalue weighted by atomic mass is 31.1. The molecule has 0 aliphatic heterocycles. The number of rotatable bonds is 2. The van der Waals surface area contributed by atoms with Crippen LogP contribution in [0.2, 0.25) is 0 Å². The van der Waals surface area contributed by atoms with Crippen LogP contribution in [0.1, 0.15) is 0 Å². The van der Waals surface area contributed by atoms with E-state index < -0.39 is 0 Å². The molecular formula is C3H8NOP. The summed E-state index contributed by atoms with van der Waals surface area (Å²) in [5.74, 6) is -0.218. The molecule has 0 amide bonds. The summed E-state index contributed by atoms with van der Waals surface area (Å²) >= 11 is 0. The first-order valence-electron chi connectivity index (χ1n) is 1.59. The van der Waals surface area contributed by atoms with Gasteiger partial charge in [0.2, 0.25) is 0 Å². The first kappa shape index (κ1) is 6.09. The van der Waals surface area contributed by atoms with Gasteiger partial charge in [0.25, 0.3) is 0 Å². The van der Waals surface area contributed by atoms with Crippen molar-refractivity contribution in [2.75, 3.05) is 0 Å². The first-order chi connectivity index (χ1) is 2.81. The van der Waals surface area contributed by atoms with Crippen LogP contribution in [0.4, 0.5) is 0 Å². The lowest BCUT2D eigenvalue weighted by molar-refractivity contribution is 0.638. The van der Waals surface area contributed by atoms with Crippen molar-refractivity contribution >= 4 is 8.81 Å². The molecule has 3 heteroatoms. The first-order valence-corrected chi connectivity index (χ1v) is 2.61. The van der Waals surface area contributed by atoms with E-state index in [2.05, 4.69) is 6.58 Å². The predicted molar refractivity (Wildman–Crippen MR) is 28.7 cm³/mol. The van der Waals surface area contributed by atoms with Crippen molar-refractivity contribution < 1.29 is 4.89 Å². The quantitative estimate of drug-likeness (QED) is 0.385. The zero-order valence-electron chi connectivity index (χ0n) is 3.39. The summed E-state index contributed by atoms with van der Waals surface area (Å²) in [6.07, 6.45) is 1.51. The third kappa shape index (κ3) is 2.33. The molecule has 0 heterocycles. The Morgan fingerprint density at radius 1 is 2.00 bits per heavy atom. The largest absolute Gasteiger partial charge is 0.375 e. The highest BCUT2D eigenvalue weighted by Crippen LogP contribution is 2.05. The van der Waals surface area contributed by atoms with Gasteiger partial charge in [0.15, 0.2) is 0 Å². The second-order valence-corrected chi connectivity index (χ2v) is 1.82. The molecule has 2 unspecified atom stereocenters. The molecule has 0 aliphatic rings. The lowest BCUT2D eigenvalue weighted by Gasteiger charge is -1.93. The highest BCUT2D eigenvalue weighted by Gasteiger charge is 1.86. The van der Waals surface area contributed by atoms with Gasteiger partial charge in [-0.3, -0.25) is 0 Å². The fraction of sp³-hybridized carbons (Fsp3) is 0.333. The Balaban J connectivity index is 2.96. The summed E-state index contributed by atoms with van der Waals surface area (Å²) in [5, 5.41) is 0. The Morgan fingerprint density at radius 3 is 2.50 bits per heavy atom. The van der Waals surface area contributed by atoms with Crippen LogP contribution in [0.25, 0.3) is 0 Å². The van der Waals surface area contributed by atoms with Crippen molar-refractivity contribution in [2.24, 2.45) is 5.73 Å². The lowest BCUT2D eigenvalue weighted by Crippen LogP contribution is -2.07. The summed E-state index contributed by atoms with van der Waals surface area (Å²) in [5.41, 5.74) is 5.12. The second-order valence-electron chi connectivity index (χ2n) is 0.891. The van der Waals surface area contributed by atoms with Gasteiger partial charge in [0, 0.05) is 8.81 Å². The normalized spacial score (nSPS) is 15.7. The molecule has 0 saturated heterocycles. The highest BCUT2D eigenvalue weighted by molar-refractivity contribution is 7.32. The molecule has 0 bridgehead atoms. The number of hydrogen-bond acceptors (Lipinski definition) is 2. The van der Waals surface area contributed by atoms with Crippen molar-refractivity contribution in [3.63, 3.8) is 0 Å². The molecule has 36 valence electrons. The molecule has 6 heavy (non-hydrogen) atoms. The van der Waals surface area contributed by atoms with Crippen LogP contribution in [0, 0.1) is 0 Å². The van der Waals surface area contributed by atoms with E-state index in [1.807, 2.05) is 0 Å². The maximum Gasteiger partial charge on any atom is 0.0643 e. The molecule has 3 N–H and O–H groups in total. The fourth-order valence-corrected chi connectivity index (χ4v) is 0.158. The van der Waals surface area contributed by atoms with Crippen LogP contribution in [-0.2, 0) is 0 Å². The van der Waals surface area contributed by atoms with Crippen LogP contribution in [0.5, 0.6) is 0 Å². The minimum absolute atomic E-state index is 0.209. The fourth-order valence-electron chi connectivity index (χ4n) is 0.0527. The summed E-state index contributed by atoms with van der Waals surface area (Å²) in [4.78, 5) is 8.17. The summed E-state index contributed by atoms with van der Waals surface area (Å²) in [6, 6.07) is 0. The summed E-state index contributed by atoms with van der Waals surface area (Å²) < 4.78 is 0. The molecule has 0 aromatic rings. The third-order valence-corrected chi connectivity index (χ3v) is 0.937. The molecule has 0 aromatic carbocycles. The minimum atomic E-state index is -0.218. The average molecular weight is 105 g/mol. The van der Waals surface area contributed by atoms with Crippen LogP contribution in [0.3, 0.4) is 0 Å². The predicted octanol–water partition coefficient (Wildman–Crippen LogP) is 0.0430. The van der Waals surface area contributed by atoms with Crippen molar-refractivity contribution in [3.8, 4) is 0 Å². The Morgan fingerprint density at radius 2 is 2.50 bits per heavy atom. The van der Waals surface area contributed by atoms with Crippen LogP contribution < -0.4 is 5.73 Å². The molecule has 0 aromatic heterocycles. The molecule has 2 nitrogen and oxygen atoms in total. The van der Waals surface area contributed by atoms with Crippen LogP contribution in [-0.4, -0.2) is 10.7 Å². The van der Waals surface area contributed by atoms with Gasteiger partial charge >= 0.3 is 0 Å². The molecule has 2 atom stereocenters. The lowest BCUT2D eigenvalue weighted by atomic mass is 10.7. The van der Waals surface area contributed by atoms with Gasteiger partial charge in [-0.25, -0.2) is 0 Å². The Kier molecular flexibility index (Phi) is 3.34. The van der Waals surface area contributed by atoms with Gasteiger partial charge in [-0.2, -0.15) is 0 Å². The van der Waals surface area contributed by atoms with Crippen molar-refractivity contribution in [3.05, 3.63) is 12.7 Å². The molecule has 0 spiro atoms. The topological polar surface area (TPSA) is 46.2 Å². The molecule has 0 rings (SSSR count). The van der Waals surface area contributed by atoms with Crippen molar-refractivity contribution in [1.29, 1.82) is 0 Å². The van der Waals surface area contributed by atoms with Crippen LogP contribution >= 0.6 is 8.81 Å². The second kappa shape index (κ2) is 3.29. The smallest absolute Gasteiger partial charge is 0.0643 e. The van der Waals surface area contributed by atoms with Gasteiger partial charge in [0.1, 0.15) is 0 Å². The number of hydrogen-bond donors (Lipinski definition) is 2. The van der Waals surface area contributed by atoms with E-state index in [0.717, 1.165) is 0 Å². The maximum atomic E-state index is 8.17. The van der Waals surface area contributed by atoms with E-state index in [4.69, 9.17) is 10.6 Å². The average Bonchev–Trinajstić information content (AvgIpc) is 1.65. The molecule has 0 fully saturated rings. The Bertz CT molecular complexity index is 48.1. The van der Waals surface area contributed by atoms with Crippen LogP contribution in [0.15, 0.2) is 12.7 Å². The van der Waals surface area contributed by atoms with E-state index >= 15 is 0 Å². The van der Waals surface area contributed by atoms with E-state index in [1.165, 1.54) is 6.08 Å². The minimum Gasteiger partial charge on any atom is -0.375 e. The van der Waals surface area contributed by atoms with Gasteiger partial charge in [0.05, 0.1) is 5.78 Å². The van der Waals surface area contributed by atoms with E-state index in [1.54, 1.807) is 0 Å². The van der Waals surface area contributed by atoms with Gasteiger partial charge in [-0.15, -0.1) is 6.58 Å². The Labute approximate surface area is 38.9 Å². The Hall–Kier alpha value is 0.0900. The SMILES string of the molecule is C=CC(N)PO. The molecule has 0 saturated carbocycles. The zero-order valence-corrected chi connectivity index (χ0v) is 4.39. The molecular weight excluding hydrogens is 97.0 g/mol. The van der Waals surface area contributed by atoms with Gasteiger partial charge < -0.3 is 10.6 Å². The van der Waals surface area contributed by atoms with E-state index in [-0.39, 0.29) is 14.6 Å². The monoisotopic (exact) mass is 105 g/mol. The van der Waals surface area contributed by atoms with Gasteiger partial charge in [-0.05, 0) is 0 Å². The molecule has 0 aliphatic carbocycles. The van der Waals surface area contributed by atoms with E-state index in [9.17, 15) is 0 Å².